The topological polar surface area (TPSA) is 46.6 Å². The van der Waals surface area contributed by atoms with Gasteiger partial charge in [0.1, 0.15) is 0 Å². The van der Waals surface area contributed by atoms with Gasteiger partial charge < -0.3 is 9.64 Å². The van der Waals surface area contributed by atoms with Crippen LogP contribution in [0, 0.1) is 0 Å². The van der Waals surface area contributed by atoms with Gasteiger partial charge in [0.25, 0.3) is 5.91 Å². The van der Waals surface area contributed by atoms with E-state index in [1.807, 2.05) is 48.5 Å². The summed E-state index contributed by atoms with van der Waals surface area (Å²) in [4.78, 5) is 26.4. The minimum absolute atomic E-state index is 0.194. The van der Waals surface area contributed by atoms with Crippen LogP contribution in [0.2, 0.25) is 0 Å². The fourth-order valence-corrected chi connectivity index (χ4v) is 3.05. The highest BCUT2D eigenvalue weighted by molar-refractivity contribution is 9.10. The van der Waals surface area contributed by atoms with Crippen molar-refractivity contribution in [2.75, 3.05) is 11.5 Å². The highest BCUT2D eigenvalue weighted by Crippen LogP contribution is 2.39. The molecule has 0 fully saturated rings. The molecular weight excluding hydrogens is 370 g/mol. The summed E-state index contributed by atoms with van der Waals surface area (Å²) in [6.07, 6.45) is 1.28. The number of fused-ring (bicyclic) bond motifs is 1. The Kier molecular flexibility index (Phi) is 4.81. The van der Waals surface area contributed by atoms with Gasteiger partial charge in [-0.3, -0.25) is 4.79 Å². The van der Waals surface area contributed by atoms with Crippen LogP contribution in [0.1, 0.15) is 18.1 Å². The van der Waals surface area contributed by atoms with E-state index in [2.05, 4.69) is 15.9 Å². The van der Waals surface area contributed by atoms with Crippen LogP contribution in [0.3, 0.4) is 0 Å². The highest BCUT2D eigenvalue weighted by atomic mass is 79.9. The third-order valence-corrected chi connectivity index (χ3v) is 4.24. The van der Waals surface area contributed by atoms with Gasteiger partial charge in [0.15, 0.2) is 0 Å². The molecule has 3 rings (SSSR count). The summed E-state index contributed by atoms with van der Waals surface area (Å²) < 4.78 is 5.81. The van der Waals surface area contributed by atoms with Gasteiger partial charge in [-0.1, -0.05) is 46.3 Å². The normalized spacial score (nSPS) is 14.8. The van der Waals surface area contributed by atoms with Crippen molar-refractivity contribution in [2.24, 2.45) is 0 Å². The number of halogens is 1. The van der Waals surface area contributed by atoms with E-state index in [1.165, 1.54) is 6.08 Å². The van der Waals surface area contributed by atoms with Gasteiger partial charge in [-0.15, -0.1) is 0 Å². The SMILES string of the molecule is CCOC(=O)/C=C1/C(=O)N(Cc2ccccc2)c2ccc(Br)cc21. The van der Waals surface area contributed by atoms with E-state index in [-0.39, 0.29) is 12.5 Å². The van der Waals surface area contributed by atoms with Crippen LogP contribution in [0.15, 0.2) is 59.1 Å². The Morgan fingerprint density at radius 2 is 1.96 bits per heavy atom. The predicted octanol–water partition coefficient (Wildman–Crippen LogP) is 3.94. The van der Waals surface area contributed by atoms with E-state index >= 15 is 0 Å². The lowest BCUT2D eigenvalue weighted by Crippen LogP contribution is -2.25. The Labute approximate surface area is 148 Å². The molecule has 24 heavy (non-hydrogen) atoms. The van der Waals surface area contributed by atoms with Crippen LogP contribution in [0.25, 0.3) is 5.57 Å². The molecule has 0 aromatic heterocycles. The number of ether oxygens (including phenoxy) is 1. The third kappa shape index (κ3) is 3.26. The summed E-state index contributed by atoms with van der Waals surface area (Å²) in [6, 6.07) is 15.4. The summed E-state index contributed by atoms with van der Waals surface area (Å²) in [7, 11) is 0. The maximum Gasteiger partial charge on any atom is 0.331 e. The van der Waals surface area contributed by atoms with Crippen LogP contribution in [0.5, 0.6) is 0 Å². The summed E-state index contributed by atoms with van der Waals surface area (Å²) >= 11 is 3.42. The largest absolute Gasteiger partial charge is 0.463 e. The van der Waals surface area contributed by atoms with Crippen molar-refractivity contribution in [2.45, 2.75) is 13.5 Å². The Balaban J connectivity index is 2.01. The second kappa shape index (κ2) is 7.01. The zero-order valence-electron chi connectivity index (χ0n) is 13.2. The van der Waals surface area contributed by atoms with Crippen molar-refractivity contribution >= 4 is 39.1 Å². The average molecular weight is 386 g/mol. The van der Waals surface area contributed by atoms with E-state index in [0.717, 1.165) is 21.3 Å². The van der Waals surface area contributed by atoms with Crippen LogP contribution in [0.4, 0.5) is 5.69 Å². The zero-order valence-corrected chi connectivity index (χ0v) is 14.7. The number of hydrogen-bond donors (Lipinski definition) is 0. The molecule has 0 spiro atoms. The van der Waals surface area contributed by atoms with Crippen molar-refractivity contribution in [3.8, 4) is 0 Å². The molecule has 2 aromatic rings. The number of benzene rings is 2. The number of amides is 1. The second-order valence-corrected chi connectivity index (χ2v) is 6.26. The van der Waals surface area contributed by atoms with Crippen molar-refractivity contribution in [3.05, 3.63) is 70.2 Å². The molecule has 1 aliphatic heterocycles. The molecule has 1 amide bonds. The van der Waals surface area contributed by atoms with Crippen LogP contribution < -0.4 is 4.90 Å². The molecule has 2 aromatic carbocycles. The minimum atomic E-state index is -0.506. The molecule has 0 bridgehead atoms. The number of nitrogens with zero attached hydrogens (tertiary/aromatic N) is 1. The van der Waals surface area contributed by atoms with Gasteiger partial charge in [0, 0.05) is 16.1 Å². The molecule has 1 aliphatic rings. The van der Waals surface area contributed by atoms with Crippen molar-refractivity contribution in [1.82, 2.24) is 0 Å². The second-order valence-electron chi connectivity index (χ2n) is 5.35. The van der Waals surface area contributed by atoms with Crippen LogP contribution >= 0.6 is 15.9 Å². The zero-order chi connectivity index (χ0) is 17.1. The van der Waals surface area contributed by atoms with Gasteiger partial charge in [0.05, 0.1) is 24.4 Å². The lowest BCUT2D eigenvalue weighted by molar-refractivity contribution is -0.137. The Bertz CT molecular complexity index is 815. The molecule has 1 heterocycles. The summed E-state index contributed by atoms with van der Waals surface area (Å²) in [6.45, 7) is 2.46. The number of esters is 1. The molecule has 4 nitrogen and oxygen atoms in total. The Hall–Kier alpha value is -2.40. The molecule has 0 N–H and O–H groups in total. The maximum absolute atomic E-state index is 12.9. The molecule has 0 radical (unpaired) electrons. The Morgan fingerprint density at radius 1 is 1.21 bits per heavy atom. The third-order valence-electron chi connectivity index (χ3n) is 3.75. The first kappa shape index (κ1) is 16.5. The quantitative estimate of drug-likeness (QED) is 0.591. The average Bonchev–Trinajstić information content (AvgIpc) is 2.81. The number of anilines is 1. The fraction of sp³-hybridized carbons (Fsp3) is 0.158. The van der Waals surface area contributed by atoms with E-state index in [4.69, 9.17) is 4.74 Å². The smallest absolute Gasteiger partial charge is 0.331 e. The molecule has 0 saturated carbocycles. The first-order chi connectivity index (χ1) is 11.6. The molecule has 5 heteroatoms. The van der Waals surface area contributed by atoms with Crippen LogP contribution in [-0.2, 0) is 20.9 Å². The van der Waals surface area contributed by atoms with E-state index < -0.39 is 5.97 Å². The fourth-order valence-electron chi connectivity index (χ4n) is 2.69. The van der Waals surface area contributed by atoms with Gasteiger partial charge >= 0.3 is 5.97 Å². The monoisotopic (exact) mass is 385 g/mol. The first-order valence-corrected chi connectivity index (χ1v) is 8.43. The maximum atomic E-state index is 12.9. The summed E-state index contributed by atoms with van der Waals surface area (Å²) in [5.41, 5.74) is 2.92. The van der Waals surface area contributed by atoms with E-state index in [9.17, 15) is 9.59 Å². The molecule has 122 valence electrons. The molecule has 0 aliphatic carbocycles. The molecule has 0 atom stereocenters. The van der Waals surface area contributed by atoms with Gasteiger partial charge in [-0.2, -0.15) is 0 Å². The van der Waals surface area contributed by atoms with Gasteiger partial charge in [-0.05, 0) is 30.7 Å². The molecule has 0 unspecified atom stereocenters. The first-order valence-electron chi connectivity index (χ1n) is 7.64. The van der Waals surface area contributed by atoms with Crippen molar-refractivity contribution in [1.29, 1.82) is 0 Å². The molecule has 0 saturated heterocycles. The van der Waals surface area contributed by atoms with E-state index in [1.54, 1.807) is 11.8 Å². The Morgan fingerprint density at radius 3 is 2.67 bits per heavy atom. The van der Waals surface area contributed by atoms with Gasteiger partial charge in [-0.25, -0.2) is 4.79 Å². The number of hydrogen-bond acceptors (Lipinski definition) is 3. The number of carbonyl (C=O) groups is 2. The van der Waals surface area contributed by atoms with E-state index in [0.29, 0.717) is 12.1 Å². The number of rotatable bonds is 4. The lowest BCUT2D eigenvalue weighted by Gasteiger charge is -2.17. The predicted molar refractivity (Wildman–Crippen MR) is 96.4 cm³/mol. The van der Waals surface area contributed by atoms with Crippen LogP contribution in [-0.4, -0.2) is 18.5 Å². The summed E-state index contributed by atoms with van der Waals surface area (Å²) in [5, 5.41) is 0. The minimum Gasteiger partial charge on any atom is -0.463 e. The van der Waals surface area contributed by atoms with Crippen molar-refractivity contribution in [3.63, 3.8) is 0 Å². The highest BCUT2D eigenvalue weighted by Gasteiger charge is 2.33. The number of carbonyl (C=O) groups excluding carboxylic acids is 2. The summed E-state index contributed by atoms with van der Waals surface area (Å²) in [5.74, 6) is -0.701. The van der Waals surface area contributed by atoms with Crippen molar-refractivity contribution < 1.29 is 14.3 Å². The van der Waals surface area contributed by atoms with Gasteiger partial charge in [0.2, 0.25) is 0 Å². The molecular formula is C19H16BrNO3. The standard InChI is InChI=1S/C19H16BrNO3/c1-2-24-18(22)11-16-15-10-14(20)8-9-17(15)21(19(16)23)12-13-6-4-3-5-7-13/h3-11H,2,12H2,1H3/b16-11+. The lowest BCUT2D eigenvalue weighted by atomic mass is 10.1.